The highest BCUT2D eigenvalue weighted by Gasteiger charge is 2.37. The number of benzene rings is 2. The van der Waals surface area contributed by atoms with Gasteiger partial charge < -0.3 is 25.4 Å². The Hall–Kier alpha value is -4.01. The van der Waals surface area contributed by atoms with Crippen molar-refractivity contribution in [1.82, 2.24) is 19.9 Å². The number of hydrogen-bond donors (Lipinski definition) is 4. The second-order valence-corrected chi connectivity index (χ2v) is 9.84. The quantitative estimate of drug-likeness (QED) is 0.306. The molecule has 0 radical (unpaired) electrons. The van der Waals surface area contributed by atoms with E-state index in [-0.39, 0.29) is 19.1 Å². The van der Waals surface area contributed by atoms with Crippen LogP contribution in [-0.4, -0.2) is 55.7 Å². The second kappa shape index (κ2) is 10.2. The first-order chi connectivity index (χ1) is 17.9. The third-order valence-corrected chi connectivity index (χ3v) is 7.09. The molecule has 0 unspecified atom stereocenters. The summed E-state index contributed by atoms with van der Waals surface area (Å²) in [7, 11) is 0. The Bertz CT molecular complexity index is 1410. The van der Waals surface area contributed by atoms with Gasteiger partial charge in [-0.3, -0.25) is 9.78 Å². The van der Waals surface area contributed by atoms with Crippen LogP contribution in [0.15, 0.2) is 67.1 Å². The van der Waals surface area contributed by atoms with Gasteiger partial charge in [-0.05, 0) is 67.3 Å². The number of aliphatic hydroxyl groups is 2. The number of aryl methyl sites for hydroxylation is 1. The van der Waals surface area contributed by atoms with E-state index in [9.17, 15) is 15.0 Å². The molecule has 1 amide bonds. The number of amides is 1. The van der Waals surface area contributed by atoms with Gasteiger partial charge >= 0.3 is 0 Å². The van der Waals surface area contributed by atoms with E-state index in [0.29, 0.717) is 19.5 Å². The second-order valence-electron chi connectivity index (χ2n) is 9.84. The summed E-state index contributed by atoms with van der Waals surface area (Å²) in [6.45, 7) is 3.86. The Morgan fingerprint density at radius 1 is 1.14 bits per heavy atom. The number of carbonyl (C=O) groups is 1. The molecule has 1 aliphatic rings. The minimum atomic E-state index is -1.17. The van der Waals surface area contributed by atoms with E-state index in [1.165, 1.54) is 5.56 Å². The molecular weight excluding hydrogens is 466 g/mol. The molecule has 8 nitrogen and oxygen atoms in total. The summed E-state index contributed by atoms with van der Waals surface area (Å²) in [6.07, 6.45) is 6.07. The smallest absolute Gasteiger partial charge is 0.233 e. The van der Waals surface area contributed by atoms with Crippen molar-refractivity contribution in [2.24, 2.45) is 5.41 Å². The monoisotopic (exact) mass is 497 g/mol. The van der Waals surface area contributed by atoms with Gasteiger partial charge in [0.25, 0.3) is 0 Å². The van der Waals surface area contributed by atoms with E-state index in [4.69, 9.17) is 0 Å². The van der Waals surface area contributed by atoms with Crippen LogP contribution in [0.4, 0.5) is 11.4 Å². The minimum absolute atomic E-state index is 0.228. The van der Waals surface area contributed by atoms with E-state index in [1.807, 2.05) is 36.7 Å². The van der Waals surface area contributed by atoms with Crippen molar-refractivity contribution < 1.29 is 15.0 Å². The van der Waals surface area contributed by atoms with E-state index >= 15 is 0 Å². The molecule has 4 aromatic rings. The van der Waals surface area contributed by atoms with E-state index in [0.717, 1.165) is 45.1 Å². The lowest BCUT2D eigenvalue weighted by Gasteiger charge is -2.36. The van der Waals surface area contributed by atoms with Crippen LogP contribution in [-0.2, 0) is 17.8 Å². The van der Waals surface area contributed by atoms with Crippen molar-refractivity contribution in [3.05, 3.63) is 83.8 Å². The van der Waals surface area contributed by atoms with Gasteiger partial charge in [0.15, 0.2) is 0 Å². The van der Waals surface area contributed by atoms with Crippen LogP contribution in [0, 0.1) is 12.3 Å². The maximum Gasteiger partial charge on any atom is 0.233 e. The molecule has 0 aliphatic carbocycles. The van der Waals surface area contributed by atoms with Gasteiger partial charge in [-0.25, -0.2) is 4.98 Å². The predicted molar refractivity (Wildman–Crippen MR) is 143 cm³/mol. The Morgan fingerprint density at radius 3 is 2.73 bits per heavy atom. The summed E-state index contributed by atoms with van der Waals surface area (Å²) >= 11 is 0. The van der Waals surface area contributed by atoms with Crippen molar-refractivity contribution in [2.75, 3.05) is 25.1 Å². The predicted octanol–water partition coefficient (Wildman–Crippen LogP) is 4.07. The number of H-pyrrole nitrogens is 1. The third-order valence-electron chi connectivity index (χ3n) is 7.09. The third kappa shape index (κ3) is 4.85. The molecule has 4 N–H and O–H groups in total. The number of nitrogens with zero attached hydrogens (tertiary/aromatic N) is 3. The molecule has 0 fully saturated rings. The lowest BCUT2D eigenvalue weighted by Crippen LogP contribution is -2.48. The number of anilines is 2. The van der Waals surface area contributed by atoms with E-state index in [2.05, 4.69) is 51.5 Å². The van der Waals surface area contributed by atoms with Gasteiger partial charge in [0.05, 0.1) is 30.5 Å². The molecule has 3 heterocycles. The highest BCUT2D eigenvalue weighted by molar-refractivity contribution is 5.83. The van der Waals surface area contributed by atoms with Crippen LogP contribution in [0.5, 0.6) is 0 Å². The van der Waals surface area contributed by atoms with Gasteiger partial charge in [-0.15, -0.1) is 0 Å². The molecule has 0 saturated carbocycles. The standard InChI is InChI=1S/C29H31N5O3/c1-19-8-9-22(13-24(19)27-31-15-26(33-27)20-6-4-11-30-14-20)32-25-7-3-5-21-16-34(12-10-23(21)25)28(37)29(2,17-35)18-36/h3-9,11,13-15,32,35-36H,10,12,16-18H2,1-2H3,(H,31,33). The number of carbonyl (C=O) groups excluding carboxylic acids is 1. The fourth-order valence-corrected chi connectivity index (χ4v) is 4.70. The number of pyridine rings is 1. The Morgan fingerprint density at radius 2 is 1.97 bits per heavy atom. The summed E-state index contributed by atoms with van der Waals surface area (Å²) in [4.78, 5) is 26.9. The van der Waals surface area contributed by atoms with Crippen molar-refractivity contribution >= 4 is 17.3 Å². The maximum atomic E-state index is 12.9. The van der Waals surface area contributed by atoms with Crippen molar-refractivity contribution in [3.63, 3.8) is 0 Å². The van der Waals surface area contributed by atoms with Gasteiger partial charge in [0.2, 0.25) is 5.91 Å². The average molecular weight is 498 g/mol. The van der Waals surface area contributed by atoms with Crippen LogP contribution in [0.2, 0.25) is 0 Å². The van der Waals surface area contributed by atoms with Crippen molar-refractivity contribution in [1.29, 1.82) is 0 Å². The Kier molecular flexibility index (Phi) is 6.78. The molecule has 0 spiro atoms. The van der Waals surface area contributed by atoms with Crippen LogP contribution in [0.25, 0.3) is 22.6 Å². The molecule has 0 atom stereocenters. The van der Waals surface area contributed by atoms with Crippen LogP contribution in [0.1, 0.15) is 23.6 Å². The van der Waals surface area contributed by atoms with Gasteiger partial charge in [-0.1, -0.05) is 18.2 Å². The molecule has 190 valence electrons. The van der Waals surface area contributed by atoms with Crippen LogP contribution < -0.4 is 5.32 Å². The number of rotatable bonds is 7. The number of imidazole rings is 1. The number of fused-ring (bicyclic) bond motifs is 1. The Balaban J connectivity index is 1.38. The molecule has 0 saturated heterocycles. The topological polar surface area (TPSA) is 114 Å². The zero-order valence-electron chi connectivity index (χ0n) is 21.0. The first-order valence-electron chi connectivity index (χ1n) is 12.4. The molecule has 5 rings (SSSR count). The van der Waals surface area contributed by atoms with Crippen molar-refractivity contribution in [2.45, 2.75) is 26.8 Å². The Labute approximate surface area is 216 Å². The summed E-state index contributed by atoms with van der Waals surface area (Å²) in [5.74, 6) is 0.564. The van der Waals surface area contributed by atoms with Gasteiger partial charge in [-0.2, -0.15) is 0 Å². The fraction of sp³-hybridized carbons (Fsp3) is 0.276. The number of aromatic amines is 1. The van der Waals surface area contributed by atoms with Gasteiger partial charge in [0.1, 0.15) is 5.82 Å². The summed E-state index contributed by atoms with van der Waals surface area (Å²) in [5, 5.41) is 22.9. The molecule has 2 aromatic carbocycles. The van der Waals surface area contributed by atoms with E-state index < -0.39 is 5.41 Å². The largest absolute Gasteiger partial charge is 0.395 e. The maximum absolute atomic E-state index is 12.9. The van der Waals surface area contributed by atoms with E-state index in [1.54, 1.807) is 18.0 Å². The number of hydrogen-bond acceptors (Lipinski definition) is 6. The fourth-order valence-electron chi connectivity index (χ4n) is 4.70. The lowest BCUT2D eigenvalue weighted by atomic mass is 9.89. The molecule has 1 aliphatic heterocycles. The molecule has 0 bridgehead atoms. The molecular formula is C29H31N5O3. The highest BCUT2D eigenvalue weighted by atomic mass is 16.3. The number of nitrogens with one attached hydrogen (secondary N) is 2. The lowest BCUT2D eigenvalue weighted by molar-refractivity contribution is -0.147. The summed E-state index contributed by atoms with van der Waals surface area (Å²) in [5.41, 5.74) is 7.01. The zero-order valence-corrected chi connectivity index (χ0v) is 21.0. The minimum Gasteiger partial charge on any atom is -0.395 e. The number of aromatic nitrogens is 3. The summed E-state index contributed by atoms with van der Waals surface area (Å²) in [6, 6.07) is 16.2. The molecule has 2 aromatic heterocycles. The SMILES string of the molecule is Cc1ccc(Nc2cccc3c2CCN(C(=O)C(C)(CO)CO)C3)cc1-c1ncc(-c2cccnc2)[nH]1. The zero-order chi connectivity index (χ0) is 26.0. The van der Waals surface area contributed by atoms with Gasteiger partial charge in [0, 0.05) is 48.0 Å². The highest BCUT2D eigenvalue weighted by Crippen LogP contribution is 2.33. The first kappa shape index (κ1) is 24.7. The van der Waals surface area contributed by atoms with Crippen LogP contribution in [0.3, 0.4) is 0 Å². The molecule has 8 heteroatoms. The first-order valence-corrected chi connectivity index (χ1v) is 12.4. The normalized spacial score (nSPS) is 13.4. The average Bonchev–Trinajstić information content (AvgIpc) is 3.44. The number of aliphatic hydroxyl groups excluding tert-OH is 2. The molecule has 37 heavy (non-hydrogen) atoms. The van der Waals surface area contributed by atoms with Crippen LogP contribution >= 0.6 is 0 Å². The van der Waals surface area contributed by atoms with Crippen molar-refractivity contribution in [3.8, 4) is 22.6 Å². The summed E-state index contributed by atoms with van der Waals surface area (Å²) < 4.78 is 0.